The number of pyridine rings is 3. The number of thiophene rings is 1. The van der Waals surface area contributed by atoms with Gasteiger partial charge in [-0.05, 0) is 140 Å². The predicted octanol–water partition coefficient (Wildman–Crippen LogP) is 12.8. The number of ether oxygens (including phenoxy) is 3. The fraction of sp³-hybridized carbons (Fsp3) is 0.244. The predicted molar refractivity (Wildman–Crippen MR) is 423 cm³/mol. The van der Waals surface area contributed by atoms with Crippen LogP contribution < -0.4 is 31.4 Å². The molecule has 0 radical (unpaired) electrons. The second kappa shape index (κ2) is 35.4. The van der Waals surface area contributed by atoms with Gasteiger partial charge in [-0.25, -0.2) is 31.9 Å². The first-order valence-corrected chi connectivity index (χ1v) is 37.9. The number of furan rings is 1. The average Bonchev–Trinajstić information content (AvgIpc) is 0.900. The van der Waals surface area contributed by atoms with Crippen LogP contribution in [0.4, 0.5) is 34.6 Å². The Labute approximate surface area is 650 Å². The number of nitrogens with zero attached hydrogens (tertiary/aromatic N) is 9. The van der Waals surface area contributed by atoms with Crippen LogP contribution >= 0.6 is 11.3 Å². The standard InChI is InChI=1S/C30H27F2N3O4.C28H26FN3O5.C28H26FN3O4S/c1-2-39-30(38)26-27(33-15-17-34(18-16-33)28(36)21-9-13-23(32)14-10-21)24-5-3-4-6-25(24)35(29(26)37)19-20-7-11-22(31)12-8-20;2*1-2-36-28(35)24-25(30-13-15-31(16-14-30)26(33)23-8-5-17-37-23)21-6-3-4-7-22(21)32(27(24)34)18-19-9-11-20(29)12-10-19/h3-14H,2,15-19H2,1H3;2*3-12,17H,2,13-16,18H2,1H3. The van der Waals surface area contributed by atoms with Crippen molar-refractivity contribution in [3.63, 3.8) is 0 Å². The summed E-state index contributed by atoms with van der Waals surface area (Å²) in [4.78, 5) is 131. The van der Waals surface area contributed by atoms with Crippen molar-refractivity contribution in [1.82, 2.24) is 28.4 Å². The maximum atomic E-state index is 13.9. The molecule has 0 atom stereocenters. The molecule has 15 rings (SSSR count). The second-order valence-corrected chi connectivity index (χ2v) is 27.7. The molecule has 0 unspecified atom stereocenters. The van der Waals surface area contributed by atoms with Gasteiger partial charge in [0.2, 0.25) is 0 Å². The van der Waals surface area contributed by atoms with E-state index in [1.807, 2.05) is 105 Å². The average molecular weight is 1550 g/mol. The number of fused-ring (bicyclic) bond motifs is 3. The molecule has 0 saturated carbocycles. The van der Waals surface area contributed by atoms with E-state index in [0.29, 0.717) is 134 Å². The number of halogens is 4. The third-order valence-electron chi connectivity index (χ3n) is 19.8. The zero-order valence-corrected chi connectivity index (χ0v) is 62.9. The summed E-state index contributed by atoms with van der Waals surface area (Å²) in [6, 6.07) is 52.2. The first-order chi connectivity index (χ1) is 54.8. The number of aromatic nitrogens is 3. The van der Waals surface area contributed by atoms with Crippen molar-refractivity contribution in [1.29, 1.82) is 0 Å². The molecule has 5 aromatic heterocycles. The molecule has 0 bridgehead atoms. The van der Waals surface area contributed by atoms with Crippen LogP contribution in [-0.2, 0) is 33.8 Å². The Kier molecular flexibility index (Phi) is 24.5. The number of anilines is 3. The Morgan fingerprint density at radius 1 is 0.363 bits per heavy atom. The summed E-state index contributed by atoms with van der Waals surface area (Å²) in [5.74, 6) is -3.77. The van der Waals surface area contributed by atoms with E-state index in [1.54, 1.807) is 84.0 Å². The smallest absolute Gasteiger partial charge is 0.345 e. The van der Waals surface area contributed by atoms with Crippen molar-refractivity contribution in [2.24, 2.45) is 0 Å². The lowest BCUT2D eigenvalue weighted by atomic mass is 10.0. The van der Waals surface area contributed by atoms with Crippen molar-refractivity contribution in [2.45, 2.75) is 40.4 Å². The Morgan fingerprint density at radius 3 is 0.991 bits per heavy atom. The summed E-state index contributed by atoms with van der Waals surface area (Å²) in [7, 11) is 0. The van der Waals surface area contributed by atoms with Crippen molar-refractivity contribution < 1.29 is 65.0 Å². The SMILES string of the molecule is CCOC(=O)c1c(N2CCN(C(=O)c3ccc(F)cc3)CC2)c2ccccc2n(Cc2ccc(F)cc2)c1=O.CCOC(=O)c1c(N2CCN(C(=O)c3ccco3)CC2)c2ccccc2n(Cc2ccc(F)cc2)c1=O.CCOC(=O)c1c(N2CCN(C(=O)c3cccs3)CC2)c2ccccc2n(Cc2ccc(F)cc2)c1=O. The molecule has 3 amide bonds. The summed E-state index contributed by atoms with van der Waals surface area (Å²) in [5.41, 5.74) is 4.39. The summed E-state index contributed by atoms with van der Waals surface area (Å²) < 4.78 is 79.5. The van der Waals surface area contributed by atoms with Crippen LogP contribution in [0.25, 0.3) is 32.7 Å². The molecule has 0 aliphatic carbocycles. The molecule has 0 spiro atoms. The van der Waals surface area contributed by atoms with Crippen LogP contribution in [-0.4, -0.2) is 162 Å². The number of hydrogen-bond acceptors (Lipinski definition) is 17. The van der Waals surface area contributed by atoms with Crippen LogP contribution in [0.2, 0.25) is 0 Å². The van der Waals surface area contributed by atoms with Crippen molar-refractivity contribution in [3.05, 3.63) is 310 Å². The number of carbonyl (C=O) groups is 6. The lowest BCUT2D eigenvalue weighted by Crippen LogP contribution is -2.49. The summed E-state index contributed by atoms with van der Waals surface area (Å²) in [6.45, 7) is 10.9. The summed E-state index contributed by atoms with van der Waals surface area (Å²) >= 11 is 1.41. The molecular formula is C86H79F4N9O13S. The fourth-order valence-corrected chi connectivity index (χ4v) is 15.1. The highest BCUT2D eigenvalue weighted by Crippen LogP contribution is 2.36. The Bertz CT molecular complexity index is 5430. The van der Waals surface area contributed by atoms with Gasteiger partial charge < -0.3 is 61.7 Å². The number of piperazine rings is 3. The number of esters is 3. The molecule has 113 heavy (non-hydrogen) atoms. The van der Waals surface area contributed by atoms with E-state index >= 15 is 0 Å². The molecular weight excluding hydrogens is 1480 g/mol. The molecule has 22 nitrogen and oxygen atoms in total. The normalized spacial score (nSPS) is 13.6. The van der Waals surface area contributed by atoms with Gasteiger partial charge in [0.15, 0.2) is 5.76 Å². The summed E-state index contributed by atoms with van der Waals surface area (Å²) in [5, 5.41) is 4.03. The fourth-order valence-electron chi connectivity index (χ4n) is 14.4. The number of carbonyl (C=O) groups excluding carboxylic acids is 6. The van der Waals surface area contributed by atoms with Crippen molar-refractivity contribution >= 4 is 96.7 Å². The van der Waals surface area contributed by atoms with Crippen LogP contribution in [0.5, 0.6) is 0 Å². The topological polar surface area (TPSA) is 229 Å². The number of para-hydroxylation sites is 3. The van der Waals surface area contributed by atoms with Gasteiger partial charge in [-0.2, -0.15) is 0 Å². The highest BCUT2D eigenvalue weighted by molar-refractivity contribution is 7.12. The molecule has 12 aromatic rings. The van der Waals surface area contributed by atoms with Crippen LogP contribution in [0.3, 0.4) is 0 Å². The minimum absolute atomic E-state index is 0.0140. The third kappa shape index (κ3) is 17.2. The molecule has 27 heteroatoms. The van der Waals surface area contributed by atoms with E-state index in [-0.39, 0.29) is 97.1 Å². The minimum atomic E-state index is -0.721. The number of amides is 3. The summed E-state index contributed by atoms with van der Waals surface area (Å²) in [6.07, 6.45) is 1.46. The van der Waals surface area contributed by atoms with Gasteiger partial charge in [-0.15, -0.1) is 11.3 Å². The first kappa shape index (κ1) is 78.2. The van der Waals surface area contributed by atoms with Gasteiger partial charge in [0, 0.05) is 100 Å². The molecule has 0 N–H and O–H groups in total. The Morgan fingerprint density at radius 2 is 0.681 bits per heavy atom. The zero-order valence-electron chi connectivity index (χ0n) is 62.1. The minimum Gasteiger partial charge on any atom is -0.462 e. The largest absolute Gasteiger partial charge is 0.462 e. The number of hydrogen-bond donors (Lipinski definition) is 0. The highest BCUT2D eigenvalue weighted by atomic mass is 32.1. The van der Waals surface area contributed by atoms with Gasteiger partial charge in [-0.1, -0.05) is 97.1 Å². The van der Waals surface area contributed by atoms with Gasteiger partial charge in [0.05, 0.1) is 84.2 Å². The van der Waals surface area contributed by atoms with Crippen LogP contribution in [0.15, 0.2) is 225 Å². The van der Waals surface area contributed by atoms with E-state index in [1.165, 1.54) is 92.0 Å². The van der Waals surface area contributed by atoms with Gasteiger partial charge in [0.1, 0.15) is 40.0 Å². The highest BCUT2D eigenvalue weighted by Gasteiger charge is 2.35. The molecule has 580 valence electrons. The van der Waals surface area contributed by atoms with Gasteiger partial charge in [0.25, 0.3) is 34.4 Å². The van der Waals surface area contributed by atoms with Crippen LogP contribution in [0.1, 0.15) is 99.1 Å². The van der Waals surface area contributed by atoms with Crippen LogP contribution in [0, 0.1) is 23.3 Å². The van der Waals surface area contributed by atoms with Gasteiger partial charge in [-0.3, -0.25) is 28.8 Å². The van der Waals surface area contributed by atoms with E-state index in [0.717, 1.165) is 21.9 Å². The Hall–Kier alpha value is -12.9. The van der Waals surface area contributed by atoms with Crippen molar-refractivity contribution in [2.75, 3.05) is 113 Å². The van der Waals surface area contributed by atoms with E-state index in [4.69, 9.17) is 18.6 Å². The van der Waals surface area contributed by atoms with Crippen molar-refractivity contribution in [3.8, 4) is 0 Å². The number of benzene rings is 7. The third-order valence-corrected chi connectivity index (χ3v) is 20.7. The first-order valence-electron chi connectivity index (χ1n) is 37.0. The molecule has 3 aliphatic rings. The Balaban J connectivity index is 0.000000148. The lowest BCUT2D eigenvalue weighted by Gasteiger charge is -2.37. The maximum absolute atomic E-state index is 13.9. The molecule has 8 heterocycles. The molecule has 3 aliphatic heterocycles. The quantitative estimate of drug-likeness (QED) is 0.0442. The zero-order chi connectivity index (χ0) is 79.4. The molecule has 3 fully saturated rings. The monoisotopic (exact) mass is 1550 g/mol. The number of rotatable bonds is 18. The molecule has 3 saturated heterocycles. The second-order valence-electron chi connectivity index (χ2n) is 26.7. The molecule has 7 aromatic carbocycles. The maximum Gasteiger partial charge on any atom is 0.345 e. The van der Waals surface area contributed by atoms with E-state index < -0.39 is 40.4 Å². The lowest BCUT2D eigenvalue weighted by molar-refractivity contribution is 0.0514. The van der Waals surface area contributed by atoms with Gasteiger partial charge >= 0.3 is 17.9 Å². The van der Waals surface area contributed by atoms with E-state index in [2.05, 4.69) is 0 Å². The van der Waals surface area contributed by atoms with E-state index in [9.17, 15) is 60.7 Å².